The first-order valence-electron chi connectivity index (χ1n) is 7.71. The van der Waals surface area contributed by atoms with Crippen LogP contribution < -0.4 is 0 Å². The number of likely N-dealkylation sites (tertiary alicyclic amines) is 1. The van der Waals surface area contributed by atoms with Gasteiger partial charge in [-0.1, -0.05) is 26.2 Å². The van der Waals surface area contributed by atoms with Crippen molar-refractivity contribution < 1.29 is 14.7 Å². The van der Waals surface area contributed by atoms with Gasteiger partial charge in [-0.05, 0) is 25.7 Å². The fourth-order valence-electron chi connectivity index (χ4n) is 3.00. The minimum absolute atomic E-state index is 0.0645. The number of carbonyl (C=O) groups is 2. The van der Waals surface area contributed by atoms with Gasteiger partial charge in [-0.2, -0.15) is 0 Å². The van der Waals surface area contributed by atoms with Gasteiger partial charge >= 0.3 is 12.0 Å². The number of carboxylic acid groups (broad SMARTS) is 1. The van der Waals surface area contributed by atoms with Gasteiger partial charge in [0.15, 0.2) is 0 Å². The normalized spacial score (nSPS) is 17.1. The maximum atomic E-state index is 12.4. The van der Waals surface area contributed by atoms with Crippen LogP contribution in [0.1, 0.15) is 46.0 Å². The Balaban J connectivity index is 2.68. The van der Waals surface area contributed by atoms with Gasteiger partial charge in [0.1, 0.15) is 0 Å². The van der Waals surface area contributed by atoms with Gasteiger partial charge in [-0.15, -0.1) is 6.42 Å². The Morgan fingerprint density at radius 2 is 1.90 bits per heavy atom. The zero-order valence-electron chi connectivity index (χ0n) is 13.1. The number of aliphatic carboxylic acids is 1. The molecule has 0 unspecified atom stereocenters. The van der Waals surface area contributed by atoms with Crippen LogP contribution in [0.25, 0.3) is 0 Å². The maximum Gasteiger partial charge on any atom is 0.320 e. The van der Waals surface area contributed by atoms with E-state index in [2.05, 4.69) is 5.92 Å². The highest BCUT2D eigenvalue weighted by atomic mass is 16.4. The molecule has 0 atom stereocenters. The number of rotatable bonds is 6. The monoisotopic (exact) mass is 294 g/mol. The van der Waals surface area contributed by atoms with Crippen LogP contribution >= 0.6 is 0 Å². The van der Waals surface area contributed by atoms with Crippen molar-refractivity contribution in [1.29, 1.82) is 0 Å². The van der Waals surface area contributed by atoms with Gasteiger partial charge in [-0.3, -0.25) is 4.79 Å². The molecule has 0 aromatic rings. The second kappa shape index (κ2) is 7.92. The lowest BCUT2D eigenvalue weighted by Gasteiger charge is -2.40. The molecule has 1 fully saturated rings. The van der Waals surface area contributed by atoms with Crippen LogP contribution in [0.2, 0.25) is 0 Å². The molecule has 2 amide bonds. The van der Waals surface area contributed by atoms with Crippen molar-refractivity contribution in [2.24, 2.45) is 5.41 Å². The van der Waals surface area contributed by atoms with Gasteiger partial charge in [0.25, 0.3) is 0 Å². The van der Waals surface area contributed by atoms with Crippen LogP contribution in [0.4, 0.5) is 4.79 Å². The third-order valence-corrected chi connectivity index (χ3v) is 4.22. The third-order valence-electron chi connectivity index (χ3n) is 4.22. The molecule has 0 aromatic carbocycles. The van der Waals surface area contributed by atoms with E-state index in [1.807, 2.05) is 13.8 Å². The molecule has 0 aliphatic carbocycles. The van der Waals surface area contributed by atoms with Crippen molar-refractivity contribution in [3.8, 4) is 12.3 Å². The zero-order valence-corrected chi connectivity index (χ0v) is 13.1. The van der Waals surface area contributed by atoms with Crippen LogP contribution in [-0.2, 0) is 4.79 Å². The summed E-state index contributed by atoms with van der Waals surface area (Å²) >= 11 is 0. The molecular formula is C16H26N2O3. The van der Waals surface area contributed by atoms with E-state index in [0.29, 0.717) is 45.4 Å². The summed E-state index contributed by atoms with van der Waals surface area (Å²) in [4.78, 5) is 27.4. The molecule has 0 spiro atoms. The number of terminal acetylenes is 1. The molecule has 0 aromatic heterocycles. The molecular weight excluding hydrogens is 268 g/mol. The first-order valence-corrected chi connectivity index (χ1v) is 7.71. The van der Waals surface area contributed by atoms with E-state index >= 15 is 0 Å². The summed E-state index contributed by atoms with van der Waals surface area (Å²) in [5.74, 6) is 1.78. The van der Waals surface area contributed by atoms with Crippen LogP contribution in [0, 0.1) is 17.8 Å². The summed E-state index contributed by atoms with van der Waals surface area (Å²) in [5.41, 5.74) is -0.659. The van der Waals surface area contributed by atoms with Gasteiger partial charge in [0, 0.05) is 19.6 Å². The van der Waals surface area contributed by atoms with Gasteiger partial charge in [-0.25, -0.2) is 4.79 Å². The molecule has 1 aliphatic heterocycles. The van der Waals surface area contributed by atoms with Gasteiger partial charge < -0.3 is 14.9 Å². The summed E-state index contributed by atoms with van der Waals surface area (Å²) in [6, 6.07) is -0.0645. The first-order chi connectivity index (χ1) is 10.0. The highest BCUT2D eigenvalue weighted by Crippen LogP contribution is 2.36. The lowest BCUT2D eigenvalue weighted by molar-refractivity contribution is -0.152. The van der Waals surface area contributed by atoms with E-state index in [1.54, 1.807) is 9.80 Å². The molecule has 5 nitrogen and oxygen atoms in total. The van der Waals surface area contributed by atoms with E-state index in [-0.39, 0.29) is 6.03 Å². The molecule has 1 saturated heterocycles. The number of urea groups is 1. The zero-order chi connectivity index (χ0) is 15.9. The van der Waals surface area contributed by atoms with Crippen molar-refractivity contribution in [3.63, 3.8) is 0 Å². The van der Waals surface area contributed by atoms with E-state index in [9.17, 15) is 14.7 Å². The average Bonchev–Trinajstić information content (AvgIpc) is 2.47. The van der Waals surface area contributed by atoms with Gasteiger partial charge in [0.2, 0.25) is 0 Å². The fraction of sp³-hybridized carbons (Fsp3) is 0.750. The van der Waals surface area contributed by atoms with Crippen LogP contribution in [0.5, 0.6) is 0 Å². The van der Waals surface area contributed by atoms with Crippen molar-refractivity contribution in [3.05, 3.63) is 0 Å². The predicted octanol–water partition coefficient (Wildman–Crippen LogP) is 2.42. The van der Waals surface area contributed by atoms with Crippen molar-refractivity contribution >= 4 is 12.0 Å². The Kier molecular flexibility index (Phi) is 6.54. The Bertz CT molecular complexity index is 406. The largest absolute Gasteiger partial charge is 0.481 e. The molecule has 1 aliphatic rings. The topological polar surface area (TPSA) is 60.9 Å². The first kappa shape index (κ1) is 17.4. The molecule has 1 rings (SSSR count). The number of hydrogen-bond acceptors (Lipinski definition) is 2. The Labute approximate surface area is 127 Å². The van der Waals surface area contributed by atoms with Crippen molar-refractivity contribution in [2.45, 2.75) is 46.0 Å². The highest BCUT2D eigenvalue weighted by Gasteiger charge is 2.41. The van der Waals surface area contributed by atoms with E-state index < -0.39 is 11.4 Å². The fourth-order valence-corrected chi connectivity index (χ4v) is 3.00. The Hall–Kier alpha value is -1.70. The second-order valence-corrected chi connectivity index (χ2v) is 5.73. The molecule has 21 heavy (non-hydrogen) atoms. The van der Waals surface area contributed by atoms with Crippen LogP contribution in [0.15, 0.2) is 0 Å². The summed E-state index contributed by atoms with van der Waals surface area (Å²) in [7, 11) is 0. The van der Waals surface area contributed by atoms with Crippen LogP contribution in [0.3, 0.4) is 0 Å². The van der Waals surface area contributed by atoms with Gasteiger partial charge in [0.05, 0.1) is 12.0 Å². The van der Waals surface area contributed by atoms with Crippen LogP contribution in [-0.4, -0.2) is 53.1 Å². The number of amides is 2. The SMILES string of the molecule is C#CCN(CCC)C(=O)N1CCC(CCC)(C(=O)O)CC1. The summed E-state index contributed by atoms with van der Waals surface area (Å²) in [6.07, 6.45) is 8.74. The summed E-state index contributed by atoms with van der Waals surface area (Å²) in [5, 5.41) is 9.48. The Morgan fingerprint density at radius 1 is 1.29 bits per heavy atom. The minimum atomic E-state index is -0.731. The number of hydrogen-bond donors (Lipinski definition) is 1. The second-order valence-electron chi connectivity index (χ2n) is 5.73. The summed E-state index contributed by atoms with van der Waals surface area (Å²) < 4.78 is 0. The number of nitrogens with zero attached hydrogens (tertiary/aromatic N) is 2. The molecule has 118 valence electrons. The molecule has 0 saturated carbocycles. The molecule has 5 heteroatoms. The number of carboxylic acids is 1. The maximum absolute atomic E-state index is 12.4. The Morgan fingerprint density at radius 3 is 2.33 bits per heavy atom. The average molecular weight is 294 g/mol. The molecule has 1 heterocycles. The summed E-state index contributed by atoms with van der Waals surface area (Å²) in [6.45, 7) is 5.94. The minimum Gasteiger partial charge on any atom is -0.481 e. The lowest BCUT2D eigenvalue weighted by Crippen LogP contribution is -2.51. The third kappa shape index (κ3) is 4.13. The van der Waals surface area contributed by atoms with E-state index in [0.717, 1.165) is 12.8 Å². The van der Waals surface area contributed by atoms with Crippen molar-refractivity contribution in [2.75, 3.05) is 26.2 Å². The van der Waals surface area contributed by atoms with E-state index in [1.165, 1.54) is 0 Å². The highest BCUT2D eigenvalue weighted by molar-refractivity contribution is 5.77. The standard InChI is InChI=1S/C16H26N2O3/c1-4-7-16(14(19)20)8-12-18(13-9-16)15(21)17(10-5-2)11-6-3/h2H,4,6-13H2,1,3H3,(H,19,20). The quantitative estimate of drug-likeness (QED) is 0.765. The number of piperidine rings is 1. The predicted molar refractivity (Wildman–Crippen MR) is 81.9 cm³/mol. The molecule has 1 N–H and O–H groups in total. The number of carbonyl (C=O) groups excluding carboxylic acids is 1. The molecule has 0 bridgehead atoms. The molecule has 0 radical (unpaired) electrons. The van der Waals surface area contributed by atoms with E-state index in [4.69, 9.17) is 6.42 Å². The smallest absolute Gasteiger partial charge is 0.320 e. The lowest BCUT2D eigenvalue weighted by atomic mass is 9.75. The van der Waals surface area contributed by atoms with Crippen molar-refractivity contribution in [1.82, 2.24) is 9.80 Å².